The number of hydrogen-bond acceptors (Lipinski definition) is 6. The Morgan fingerprint density at radius 3 is 2.65 bits per heavy atom. The molecule has 2 aromatic carbocycles. The number of aryl methyl sites for hydroxylation is 2. The van der Waals surface area contributed by atoms with Crippen LogP contribution in [0, 0.1) is 19.8 Å². The number of aromatic nitrogens is 1. The van der Waals surface area contributed by atoms with Crippen molar-refractivity contribution in [1.82, 2.24) is 10.1 Å². The molecule has 0 spiro atoms. The van der Waals surface area contributed by atoms with Crippen LogP contribution in [0.4, 0.5) is 5.69 Å². The molecule has 1 unspecified atom stereocenters. The van der Waals surface area contributed by atoms with Crippen LogP contribution >= 0.6 is 0 Å². The van der Waals surface area contributed by atoms with Gasteiger partial charge in [-0.15, -0.1) is 0 Å². The van der Waals surface area contributed by atoms with Crippen molar-refractivity contribution in [2.45, 2.75) is 33.3 Å². The number of ether oxygens (including phenoxy) is 2. The SMILES string of the molecule is COc1cc(C(=O)N2CCCC(C(=O)Nc3ccccc3)C2)ccc1OCc1c(C)noc1C. The molecule has 1 N–H and O–H groups in total. The van der Waals surface area contributed by atoms with Crippen molar-refractivity contribution < 1.29 is 23.6 Å². The van der Waals surface area contributed by atoms with E-state index in [9.17, 15) is 9.59 Å². The summed E-state index contributed by atoms with van der Waals surface area (Å²) in [6.45, 7) is 4.98. The van der Waals surface area contributed by atoms with Crippen molar-refractivity contribution in [3.05, 3.63) is 71.1 Å². The predicted molar refractivity (Wildman–Crippen MR) is 127 cm³/mol. The molecule has 1 aliphatic rings. The van der Waals surface area contributed by atoms with E-state index in [0.29, 0.717) is 35.9 Å². The van der Waals surface area contributed by atoms with Crippen LogP contribution in [0.25, 0.3) is 0 Å². The third kappa shape index (κ3) is 5.22. The van der Waals surface area contributed by atoms with E-state index in [-0.39, 0.29) is 24.3 Å². The lowest BCUT2D eigenvalue weighted by Gasteiger charge is -2.32. The zero-order valence-corrected chi connectivity index (χ0v) is 19.7. The number of benzene rings is 2. The lowest BCUT2D eigenvalue weighted by molar-refractivity contribution is -0.121. The van der Waals surface area contributed by atoms with E-state index >= 15 is 0 Å². The molecule has 2 heterocycles. The molecule has 0 radical (unpaired) electrons. The molecular weight excluding hydrogens is 434 g/mol. The number of nitrogens with zero attached hydrogens (tertiary/aromatic N) is 2. The number of likely N-dealkylation sites (tertiary alicyclic amines) is 1. The third-order valence-corrected chi connectivity index (χ3v) is 6.08. The summed E-state index contributed by atoms with van der Waals surface area (Å²) < 4.78 is 16.6. The van der Waals surface area contributed by atoms with Crippen LogP contribution in [0.3, 0.4) is 0 Å². The molecule has 8 nitrogen and oxygen atoms in total. The Morgan fingerprint density at radius 2 is 1.94 bits per heavy atom. The Labute approximate surface area is 198 Å². The number of carbonyl (C=O) groups is 2. The van der Waals surface area contributed by atoms with Crippen LogP contribution < -0.4 is 14.8 Å². The van der Waals surface area contributed by atoms with Crippen molar-refractivity contribution in [2.24, 2.45) is 5.92 Å². The molecule has 1 aliphatic heterocycles. The first kappa shape index (κ1) is 23.4. The van der Waals surface area contributed by atoms with E-state index < -0.39 is 0 Å². The van der Waals surface area contributed by atoms with E-state index in [1.54, 1.807) is 23.1 Å². The number of hydrogen-bond donors (Lipinski definition) is 1. The Balaban J connectivity index is 1.42. The zero-order valence-electron chi connectivity index (χ0n) is 19.7. The van der Waals surface area contributed by atoms with Gasteiger partial charge in [-0.2, -0.15) is 0 Å². The zero-order chi connectivity index (χ0) is 24.1. The average Bonchev–Trinajstić information content (AvgIpc) is 3.19. The van der Waals surface area contributed by atoms with Crippen molar-refractivity contribution in [3.63, 3.8) is 0 Å². The smallest absolute Gasteiger partial charge is 0.254 e. The topological polar surface area (TPSA) is 93.9 Å². The number of para-hydroxylation sites is 1. The summed E-state index contributed by atoms with van der Waals surface area (Å²) >= 11 is 0. The first-order chi connectivity index (χ1) is 16.5. The minimum atomic E-state index is -0.252. The maximum atomic E-state index is 13.2. The Hall–Kier alpha value is -3.81. The maximum absolute atomic E-state index is 13.2. The molecular formula is C26H29N3O5. The summed E-state index contributed by atoms with van der Waals surface area (Å²) in [5.74, 6) is 1.25. The van der Waals surface area contributed by atoms with Crippen LogP contribution in [0.2, 0.25) is 0 Å². The van der Waals surface area contributed by atoms with Gasteiger partial charge >= 0.3 is 0 Å². The number of methoxy groups -OCH3 is 1. The number of piperidine rings is 1. The highest BCUT2D eigenvalue weighted by Crippen LogP contribution is 2.31. The maximum Gasteiger partial charge on any atom is 0.254 e. The standard InChI is InChI=1S/C26H29N3O5/c1-17-22(18(2)34-28-17)16-33-23-12-11-19(14-24(23)32-3)26(31)29-13-7-8-20(15-29)25(30)27-21-9-5-4-6-10-21/h4-6,9-12,14,20H,7-8,13,15-16H2,1-3H3,(H,27,30). The summed E-state index contributed by atoms with van der Waals surface area (Å²) in [7, 11) is 1.54. The van der Waals surface area contributed by atoms with Gasteiger partial charge in [0.15, 0.2) is 11.5 Å². The van der Waals surface area contributed by atoms with Crippen molar-refractivity contribution >= 4 is 17.5 Å². The number of anilines is 1. The fraction of sp³-hybridized carbons (Fsp3) is 0.346. The van der Waals surface area contributed by atoms with Crippen LogP contribution in [-0.2, 0) is 11.4 Å². The molecule has 0 aliphatic carbocycles. The van der Waals surface area contributed by atoms with Gasteiger partial charge in [0.1, 0.15) is 12.4 Å². The van der Waals surface area contributed by atoms with Gasteiger partial charge in [0.25, 0.3) is 5.91 Å². The quantitative estimate of drug-likeness (QED) is 0.559. The summed E-state index contributed by atoms with van der Waals surface area (Å²) in [6, 6.07) is 14.5. The third-order valence-electron chi connectivity index (χ3n) is 6.08. The lowest BCUT2D eigenvalue weighted by Crippen LogP contribution is -2.43. The van der Waals surface area contributed by atoms with E-state index in [1.165, 1.54) is 7.11 Å². The molecule has 1 atom stereocenters. The van der Waals surface area contributed by atoms with E-state index in [1.807, 2.05) is 44.2 Å². The second-order valence-corrected chi connectivity index (χ2v) is 8.40. The van der Waals surface area contributed by atoms with E-state index in [0.717, 1.165) is 29.8 Å². The largest absolute Gasteiger partial charge is 0.493 e. The lowest BCUT2D eigenvalue weighted by atomic mass is 9.96. The molecule has 4 rings (SSSR count). The monoisotopic (exact) mass is 463 g/mol. The summed E-state index contributed by atoms with van der Waals surface area (Å²) in [4.78, 5) is 27.7. The number of rotatable bonds is 7. The second kappa shape index (κ2) is 10.4. The molecule has 0 bridgehead atoms. The van der Waals surface area contributed by atoms with Gasteiger partial charge in [-0.3, -0.25) is 9.59 Å². The second-order valence-electron chi connectivity index (χ2n) is 8.40. The normalized spacial score (nSPS) is 15.6. The van der Waals surface area contributed by atoms with Gasteiger partial charge < -0.3 is 24.2 Å². The minimum Gasteiger partial charge on any atom is -0.493 e. The number of amides is 2. The highest BCUT2D eigenvalue weighted by molar-refractivity contribution is 5.96. The van der Waals surface area contributed by atoms with E-state index in [4.69, 9.17) is 14.0 Å². The van der Waals surface area contributed by atoms with Gasteiger partial charge in [-0.1, -0.05) is 23.4 Å². The fourth-order valence-corrected chi connectivity index (χ4v) is 4.10. The first-order valence-corrected chi connectivity index (χ1v) is 11.3. The molecule has 8 heteroatoms. The van der Waals surface area contributed by atoms with Crippen LogP contribution in [0.1, 0.15) is 40.2 Å². The minimum absolute atomic E-state index is 0.0654. The predicted octanol–water partition coefficient (Wildman–Crippen LogP) is 4.37. The Kier molecular flexibility index (Phi) is 7.15. The molecule has 1 fully saturated rings. The Morgan fingerprint density at radius 1 is 1.15 bits per heavy atom. The average molecular weight is 464 g/mol. The van der Waals surface area contributed by atoms with Crippen molar-refractivity contribution in [1.29, 1.82) is 0 Å². The highest BCUT2D eigenvalue weighted by atomic mass is 16.5. The van der Waals surface area contributed by atoms with Crippen molar-refractivity contribution in [3.8, 4) is 11.5 Å². The number of carbonyl (C=O) groups excluding carboxylic acids is 2. The Bertz CT molecular complexity index is 1140. The molecule has 0 saturated carbocycles. The fourth-order valence-electron chi connectivity index (χ4n) is 4.10. The van der Waals surface area contributed by atoms with Gasteiger partial charge in [-0.05, 0) is 57.0 Å². The summed E-state index contributed by atoms with van der Waals surface area (Å²) in [5.41, 5.74) is 2.91. The molecule has 1 aromatic heterocycles. The molecule has 34 heavy (non-hydrogen) atoms. The van der Waals surface area contributed by atoms with Crippen LogP contribution in [0.15, 0.2) is 53.1 Å². The molecule has 3 aromatic rings. The summed E-state index contributed by atoms with van der Waals surface area (Å²) in [6.07, 6.45) is 1.52. The molecule has 178 valence electrons. The van der Waals surface area contributed by atoms with Crippen LogP contribution in [0.5, 0.6) is 11.5 Å². The van der Waals surface area contributed by atoms with Crippen LogP contribution in [-0.4, -0.2) is 42.1 Å². The van der Waals surface area contributed by atoms with Gasteiger partial charge in [0.2, 0.25) is 5.91 Å². The van der Waals surface area contributed by atoms with Gasteiger partial charge in [0, 0.05) is 24.3 Å². The molecule has 1 saturated heterocycles. The number of nitrogens with one attached hydrogen (secondary N) is 1. The summed E-state index contributed by atoms with van der Waals surface area (Å²) in [5, 5.41) is 6.88. The van der Waals surface area contributed by atoms with Crippen molar-refractivity contribution in [2.75, 3.05) is 25.5 Å². The van der Waals surface area contributed by atoms with Gasteiger partial charge in [-0.25, -0.2) is 0 Å². The van der Waals surface area contributed by atoms with E-state index in [2.05, 4.69) is 10.5 Å². The van der Waals surface area contributed by atoms with Gasteiger partial charge in [0.05, 0.1) is 24.3 Å². The first-order valence-electron chi connectivity index (χ1n) is 11.3. The highest BCUT2D eigenvalue weighted by Gasteiger charge is 2.29. The molecule has 2 amide bonds.